The highest BCUT2D eigenvalue weighted by Gasteiger charge is 2.15. The van der Waals surface area contributed by atoms with Crippen LogP contribution in [0.1, 0.15) is 63.0 Å². The molecular formula is C24H32Cl2FNO2. The Hall–Kier alpha value is -1.49. The summed E-state index contributed by atoms with van der Waals surface area (Å²) < 4.78 is 24.8. The molecule has 3 rings (SSSR count). The fourth-order valence-corrected chi connectivity index (χ4v) is 4.07. The maximum atomic E-state index is 13.1. The number of hydrogen-bond donors (Lipinski definition) is 1. The van der Waals surface area contributed by atoms with Crippen LogP contribution >= 0.6 is 24.0 Å². The maximum absolute atomic E-state index is 13.1. The second-order valence-electron chi connectivity index (χ2n) is 7.68. The minimum Gasteiger partial charge on any atom is -0.490 e. The van der Waals surface area contributed by atoms with Crippen molar-refractivity contribution in [3.63, 3.8) is 0 Å². The monoisotopic (exact) mass is 455 g/mol. The van der Waals surface area contributed by atoms with Crippen molar-refractivity contribution < 1.29 is 13.9 Å². The molecule has 0 spiro atoms. The molecule has 1 N–H and O–H groups in total. The summed E-state index contributed by atoms with van der Waals surface area (Å²) in [7, 11) is 0. The van der Waals surface area contributed by atoms with Crippen LogP contribution in [0.25, 0.3) is 0 Å². The summed E-state index contributed by atoms with van der Waals surface area (Å²) in [5.74, 6) is 0.923. The van der Waals surface area contributed by atoms with E-state index in [9.17, 15) is 4.39 Å². The average molecular weight is 456 g/mol. The van der Waals surface area contributed by atoms with Crippen LogP contribution in [0.3, 0.4) is 0 Å². The third-order valence-electron chi connectivity index (χ3n) is 5.37. The van der Waals surface area contributed by atoms with Crippen LogP contribution < -0.4 is 14.8 Å². The van der Waals surface area contributed by atoms with Crippen LogP contribution in [0.5, 0.6) is 11.5 Å². The van der Waals surface area contributed by atoms with E-state index in [1.165, 1.54) is 57.1 Å². The van der Waals surface area contributed by atoms with Gasteiger partial charge in [0.05, 0.1) is 11.6 Å². The SMILES string of the molecule is CCOc1cc(CNC2CCCCCCC2)cc(Cl)c1OCc1ccc(F)cc1.Cl. The molecule has 0 radical (unpaired) electrons. The highest BCUT2D eigenvalue weighted by Crippen LogP contribution is 2.37. The first-order valence-corrected chi connectivity index (χ1v) is 11.1. The molecule has 0 heterocycles. The third-order valence-corrected chi connectivity index (χ3v) is 5.65. The Kier molecular flexibility index (Phi) is 10.8. The van der Waals surface area contributed by atoms with Gasteiger partial charge in [-0.1, -0.05) is 55.8 Å². The number of halogens is 3. The summed E-state index contributed by atoms with van der Waals surface area (Å²) in [6.07, 6.45) is 9.16. The minimum absolute atomic E-state index is 0. The van der Waals surface area contributed by atoms with Gasteiger partial charge in [0.15, 0.2) is 11.5 Å². The first-order chi connectivity index (χ1) is 14.2. The summed E-state index contributed by atoms with van der Waals surface area (Å²) >= 11 is 6.54. The molecule has 1 aliphatic carbocycles. The molecule has 0 aromatic heterocycles. The second kappa shape index (κ2) is 13.0. The van der Waals surface area contributed by atoms with E-state index in [0.717, 1.165) is 17.7 Å². The molecule has 0 unspecified atom stereocenters. The predicted molar refractivity (Wildman–Crippen MR) is 124 cm³/mol. The average Bonchev–Trinajstić information content (AvgIpc) is 2.68. The topological polar surface area (TPSA) is 30.5 Å². The van der Waals surface area contributed by atoms with Crippen molar-refractivity contribution in [1.29, 1.82) is 0 Å². The molecule has 1 aliphatic rings. The number of rotatable bonds is 8. The largest absolute Gasteiger partial charge is 0.490 e. The summed E-state index contributed by atoms with van der Waals surface area (Å²) in [5, 5.41) is 4.23. The van der Waals surface area contributed by atoms with Gasteiger partial charge in [-0.2, -0.15) is 0 Å². The van der Waals surface area contributed by atoms with Gasteiger partial charge >= 0.3 is 0 Å². The van der Waals surface area contributed by atoms with E-state index in [0.29, 0.717) is 35.8 Å². The van der Waals surface area contributed by atoms with Crippen LogP contribution in [-0.2, 0) is 13.2 Å². The maximum Gasteiger partial charge on any atom is 0.180 e. The Balaban J connectivity index is 0.00000320. The van der Waals surface area contributed by atoms with E-state index in [-0.39, 0.29) is 18.2 Å². The van der Waals surface area contributed by atoms with Gasteiger partial charge in [0.2, 0.25) is 0 Å². The van der Waals surface area contributed by atoms with Gasteiger partial charge in [-0.3, -0.25) is 0 Å². The van der Waals surface area contributed by atoms with Crippen molar-refractivity contribution in [3.8, 4) is 11.5 Å². The number of hydrogen-bond acceptors (Lipinski definition) is 3. The van der Waals surface area contributed by atoms with Crippen molar-refractivity contribution >= 4 is 24.0 Å². The van der Waals surface area contributed by atoms with Crippen LogP contribution in [0.15, 0.2) is 36.4 Å². The Morgan fingerprint density at radius 3 is 2.30 bits per heavy atom. The third kappa shape index (κ3) is 7.64. The Bertz CT molecular complexity index is 763. The van der Waals surface area contributed by atoms with Crippen LogP contribution in [-0.4, -0.2) is 12.6 Å². The molecule has 6 heteroatoms. The van der Waals surface area contributed by atoms with Gasteiger partial charge in [-0.25, -0.2) is 4.39 Å². The highest BCUT2D eigenvalue weighted by molar-refractivity contribution is 6.32. The quantitative estimate of drug-likeness (QED) is 0.460. The fraction of sp³-hybridized carbons (Fsp3) is 0.500. The lowest BCUT2D eigenvalue weighted by molar-refractivity contribution is 0.269. The first-order valence-electron chi connectivity index (χ1n) is 10.7. The molecular weight excluding hydrogens is 424 g/mol. The normalized spacial score (nSPS) is 15.0. The molecule has 30 heavy (non-hydrogen) atoms. The molecule has 0 amide bonds. The minimum atomic E-state index is -0.261. The summed E-state index contributed by atoms with van der Waals surface area (Å²) in [6.45, 7) is 3.54. The molecule has 1 saturated carbocycles. The molecule has 0 aliphatic heterocycles. The number of nitrogens with one attached hydrogen (secondary N) is 1. The fourth-order valence-electron chi connectivity index (χ4n) is 3.79. The standard InChI is InChI=1S/C24H31ClFNO2.ClH/c1-2-28-23-15-19(16-27-21-8-6-4-3-5-7-9-21)14-22(25)24(23)29-17-18-10-12-20(26)13-11-18;/h10-15,21,27H,2-9,16-17H2,1H3;1H. The van der Waals surface area contributed by atoms with Gasteiger partial charge in [0, 0.05) is 12.6 Å². The van der Waals surface area contributed by atoms with Gasteiger partial charge in [0.25, 0.3) is 0 Å². The Labute approximate surface area is 190 Å². The molecule has 3 nitrogen and oxygen atoms in total. The van der Waals surface area contributed by atoms with Crippen LogP contribution in [0, 0.1) is 5.82 Å². The van der Waals surface area contributed by atoms with E-state index in [4.69, 9.17) is 21.1 Å². The summed E-state index contributed by atoms with van der Waals surface area (Å²) in [5.41, 5.74) is 1.97. The van der Waals surface area contributed by atoms with E-state index >= 15 is 0 Å². The zero-order valence-corrected chi connectivity index (χ0v) is 19.2. The zero-order valence-electron chi connectivity index (χ0n) is 17.6. The lowest BCUT2D eigenvalue weighted by atomic mass is 9.96. The number of benzene rings is 2. The second-order valence-corrected chi connectivity index (χ2v) is 8.08. The van der Waals surface area contributed by atoms with Gasteiger partial charge < -0.3 is 14.8 Å². The smallest absolute Gasteiger partial charge is 0.180 e. The molecule has 0 saturated heterocycles. The van der Waals surface area contributed by atoms with E-state index in [2.05, 4.69) is 5.32 Å². The Morgan fingerprint density at radius 1 is 0.967 bits per heavy atom. The van der Waals surface area contributed by atoms with Gasteiger partial charge in [-0.05, 0) is 55.2 Å². The summed E-state index contributed by atoms with van der Waals surface area (Å²) in [4.78, 5) is 0. The Morgan fingerprint density at radius 2 is 1.63 bits per heavy atom. The van der Waals surface area contributed by atoms with Crippen molar-refractivity contribution in [2.45, 2.75) is 71.1 Å². The zero-order chi connectivity index (χ0) is 20.5. The first kappa shape index (κ1) is 24.8. The highest BCUT2D eigenvalue weighted by atomic mass is 35.5. The van der Waals surface area contributed by atoms with E-state index in [1.54, 1.807) is 12.1 Å². The van der Waals surface area contributed by atoms with Crippen molar-refractivity contribution in [1.82, 2.24) is 5.32 Å². The summed E-state index contributed by atoms with van der Waals surface area (Å²) in [6, 6.07) is 10.8. The van der Waals surface area contributed by atoms with Crippen molar-refractivity contribution in [2.24, 2.45) is 0 Å². The molecule has 166 valence electrons. The molecule has 2 aromatic carbocycles. The number of ether oxygens (including phenoxy) is 2. The molecule has 0 atom stereocenters. The molecule has 1 fully saturated rings. The lowest BCUT2D eigenvalue weighted by Gasteiger charge is -2.22. The van der Waals surface area contributed by atoms with Crippen LogP contribution in [0.2, 0.25) is 5.02 Å². The van der Waals surface area contributed by atoms with Gasteiger partial charge in [-0.15, -0.1) is 12.4 Å². The van der Waals surface area contributed by atoms with Crippen LogP contribution in [0.4, 0.5) is 4.39 Å². The van der Waals surface area contributed by atoms with Crippen molar-refractivity contribution in [3.05, 3.63) is 58.4 Å². The van der Waals surface area contributed by atoms with Crippen molar-refractivity contribution in [2.75, 3.05) is 6.61 Å². The lowest BCUT2D eigenvalue weighted by Crippen LogP contribution is -2.29. The van der Waals surface area contributed by atoms with E-state index in [1.807, 2.05) is 19.1 Å². The molecule has 0 bridgehead atoms. The predicted octanol–water partition coefficient (Wildman–Crippen LogP) is 7.08. The molecule has 2 aromatic rings. The van der Waals surface area contributed by atoms with Gasteiger partial charge in [0.1, 0.15) is 12.4 Å². The van der Waals surface area contributed by atoms with E-state index < -0.39 is 0 Å².